The third-order valence-corrected chi connectivity index (χ3v) is 11.2. The summed E-state index contributed by atoms with van der Waals surface area (Å²) >= 11 is 0. The van der Waals surface area contributed by atoms with Crippen LogP contribution in [0.25, 0.3) is 0 Å². The van der Waals surface area contributed by atoms with E-state index in [4.69, 9.17) is 0 Å². The van der Waals surface area contributed by atoms with Crippen LogP contribution in [-0.4, -0.2) is 93.3 Å². The van der Waals surface area contributed by atoms with E-state index in [0.717, 1.165) is 12.8 Å². The molecule has 0 unspecified atom stereocenters. The second kappa shape index (κ2) is 10.2. The molecule has 224 valence electrons. The van der Waals surface area contributed by atoms with Gasteiger partial charge in [0.25, 0.3) is 0 Å². The second-order valence-electron chi connectivity index (χ2n) is 13.4. The van der Waals surface area contributed by atoms with E-state index in [0.29, 0.717) is 25.7 Å². The zero-order valence-electron chi connectivity index (χ0n) is 24.4. The summed E-state index contributed by atoms with van der Waals surface area (Å²) in [5.74, 6) is -2.33. The molecule has 0 aromatic heterocycles. The lowest BCUT2D eigenvalue weighted by Crippen LogP contribution is -2.59. The molecular weight excluding hydrogens is 536 g/mol. The molecule has 3 heterocycles. The van der Waals surface area contributed by atoms with E-state index >= 15 is 0 Å². The van der Waals surface area contributed by atoms with Crippen LogP contribution in [0.3, 0.4) is 0 Å². The van der Waals surface area contributed by atoms with E-state index < -0.39 is 12.1 Å². The van der Waals surface area contributed by atoms with Gasteiger partial charge in [0, 0.05) is 26.2 Å². The van der Waals surface area contributed by atoms with E-state index in [1.807, 2.05) is 13.8 Å². The topological polar surface area (TPSA) is 115 Å². The molecule has 42 heavy (non-hydrogen) atoms. The molecule has 3 aliphatic heterocycles. The number of hydrogen-bond acceptors (Lipinski definition) is 6. The first-order valence-electron chi connectivity index (χ1n) is 15.9. The molecule has 10 heteroatoms. The van der Waals surface area contributed by atoms with Gasteiger partial charge >= 0.3 is 0 Å². The van der Waals surface area contributed by atoms with Crippen LogP contribution in [0, 0.1) is 47.3 Å². The zero-order valence-corrected chi connectivity index (χ0v) is 24.4. The van der Waals surface area contributed by atoms with Crippen LogP contribution >= 0.6 is 0 Å². The highest BCUT2D eigenvalue weighted by molar-refractivity contribution is 6.10. The molecule has 7 rings (SSSR count). The van der Waals surface area contributed by atoms with Gasteiger partial charge in [-0.2, -0.15) is 0 Å². The molecule has 0 N–H and O–H groups in total. The van der Waals surface area contributed by atoms with Crippen LogP contribution in [0.15, 0.2) is 24.3 Å². The Hall–Kier alpha value is -3.30. The fourth-order valence-corrected chi connectivity index (χ4v) is 9.31. The number of carbonyl (C=O) groups is 6. The molecule has 6 amide bonds. The number of fused-ring (bicyclic) bond motifs is 10. The minimum Gasteiger partial charge on any atom is -0.337 e. The molecular formula is C32H40N4O6. The summed E-state index contributed by atoms with van der Waals surface area (Å²) in [6, 6.07) is -1.64. The summed E-state index contributed by atoms with van der Waals surface area (Å²) < 4.78 is 0. The molecule has 10 nitrogen and oxygen atoms in total. The van der Waals surface area contributed by atoms with Gasteiger partial charge in [0.2, 0.25) is 35.4 Å². The van der Waals surface area contributed by atoms with Crippen LogP contribution < -0.4 is 0 Å². The third-order valence-electron chi connectivity index (χ3n) is 11.2. The number of imide groups is 2. The number of nitrogens with zero attached hydrogens (tertiary/aromatic N) is 4. The standard InChI is InChI=1S/C32H40N4O6/c1-3-5-21(35-29(39)23-17-7-8-18(15-17)24(23)30(35)40)27(37)33-11-13-34(14-12-33)28(38)22(6-4-2)36-31(41)25-19-9-10-20(16-19)26(25)32(36)42/h7-10,17-26H,3-6,11-16H2,1-2H3/t17-,18-,19-,20-,21-,22+,23-,24+,25-,26+/m0/s1. The van der Waals surface area contributed by atoms with Crippen molar-refractivity contribution in [2.24, 2.45) is 47.3 Å². The summed E-state index contributed by atoms with van der Waals surface area (Å²) in [5.41, 5.74) is 0. The molecule has 0 radical (unpaired) electrons. The van der Waals surface area contributed by atoms with Crippen molar-refractivity contribution in [3.8, 4) is 0 Å². The molecule has 0 aromatic rings. The minimum absolute atomic E-state index is 0.0878. The van der Waals surface area contributed by atoms with Crippen molar-refractivity contribution in [3.63, 3.8) is 0 Å². The summed E-state index contributed by atoms with van der Waals surface area (Å²) in [5, 5.41) is 0. The van der Waals surface area contributed by atoms with Gasteiger partial charge in [0.05, 0.1) is 23.7 Å². The first-order chi connectivity index (χ1) is 20.3. The molecule has 4 bridgehead atoms. The Kier molecular flexibility index (Phi) is 6.66. The van der Waals surface area contributed by atoms with E-state index in [2.05, 4.69) is 24.3 Å². The van der Waals surface area contributed by atoms with Crippen molar-refractivity contribution >= 4 is 35.4 Å². The highest BCUT2D eigenvalue weighted by Gasteiger charge is 2.62. The highest BCUT2D eigenvalue weighted by Crippen LogP contribution is 2.54. The predicted molar refractivity (Wildman–Crippen MR) is 150 cm³/mol. The lowest BCUT2D eigenvalue weighted by Gasteiger charge is -2.40. The van der Waals surface area contributed by atoms with Gasteiger partial charge in [-0.3, -0.25) is 38.6 Å². The average Bonchev–Trinajstić information content (AvgIpc) is 3.84. The predicted octanol–water partition coefficient (Wildman–Crippen LogP) is 1.61. The fraction of sp³-hybridized carbons (Fsp3) is 0.688. The molecule has 3 saturated heterocycles. The maximum Gasteiger partial charge on any atom is 0.245 e. The van der Waals surface area contributed by atoms with Crippen LogP contribution in [0.2, 0.25) is 0 Å². The van der Waals surface area contributed by atoms with Crippen molar-refractivity contribution < 1.29 is 28.8 Å². The largest absolute Gasteiger partial charge is 0.337 e. The van der Waals surface area contributed by atoms with Gasteiger partial charge in [0.1, 0.15) is 12.1 Å². The van der Waals surface area contributed by atoms with Crippen molar-refractivity contribution in [1.29, 1.82) is 0 Å². The summed E-state index contributed by atoms with van der Waals surface area (Å²) in [7, 11) is 0. The molecule has 7 aliphatic rings. The van der Waals surface area contributed by atoms with E-state index in [9.17, 15) is 28.8 Å². The molecule has 0 aromatic carbocycles. The maximum atomic E-state index is 13.8. The normalized spacial score (nSPS) is 37.4. The lowest BCUT2D eigenvalue weighted by atomic mass is 9.85. The lowest BCUT2D eigenvalue weighted by molar-refractivity contribution is -0.156. The maximum absolute atomic E-state index is 13.8. The number of hydrogen-bond donors (Lipinski definition) is 0. The molecule has 10 atom stereocenters. The highest BCUT2D eigenvalue weighted by atomic mass is 16.2. The number of carbonyl (C=O) groups excluding carboxylic acids is 6. The average molecular weight is 577 g/mol. The molecule has 2 saturated carbocycles. The van der Waals surface area contributed by atoms with E-state index in [-0.39, 0.29) is 109 Å². The number of rotatable bonds is 8. The summed E-state index contributed by atoms with van der Waals surface area (Å²) in [6.45, 7) is 5.00. The van der Waals surface area contributed by atoms with Crippen molar-refractivity contribution in [1.82, 2.24) is 19.6 Å². The van der Waals surface area contributed by atoms with Crippen LogP contribution in [-0.2, 0) is 28.8 Å². The first kappa shape index (κ1) is 27.5. The molecule has 4 aliphatic carbocycles. The summed E-state index contributed by atoms with van der Waals surface area (Å²) in [6.07, 6.45) is 12.0. The number of likely N-dealkylation sites (tertiary alicyclic amines) is 2. The van der Waals surface area contributed by atoms with Crippen molar-refractivity contribution in [2.45, 2.75) is 64.5 Å². The number of piperazine rings is 1. The fourth-order valence-electron chi connectivity index (χ4n) is 9.31. The summed E-state index contributed by atoms with van der Waals surface area (Å²) in [4.78, 5) is 87.3. The van der Waals surface area contributed by atoms with Crippen molar-refractivity contribution in [2.75, 3.05) is 26.2 Å². The van der Waals surface area contributed by atoms with E-state index in [1.165, 1.54) is 9.80 Å². The van der Waals surface area contributed by atoms with Crippen molar-refractivity contribution in [3.05, 3.63) is 24.3 Å². The van der Waals surface area contributed by atoms with Crippen LogP contribution in [0.5, 0.6) is 0 Å². The SMILES string of the molecule is CCC[C@H](C(=O)N1CCN(C(=O)[C@H](CCC)N2C(=O)[C@@H]3[C@H](C2=O)[C@H]2C=C[C@H]3C2)CC1)N1C(=O)[C@@H]2[C@H](C1=O)[C@H]1C=C[C@H]2C1. The Morgan fingerprint density at radius 1 is 0.595 bits per heavy atom. The van der Waals surface area contributed by atoms with Crippen LogP contribution in [0.4, 0.5) is 0 Å². The minimum atomic E-state index is -0.821. The van der Waals surface area contributed by atoms with Gasteiger partial charge in [0.15, 0.2) is 0 Å². The van der Waals surface area contributed by atoms with Gasteiger partial charge in [-0.05, 0) is 49.4 Å². The Labute approximate surface area is 246 Å². The number of allylic oxidation sites excluding steroid dienone is 4. The van der Waals surface area contributed by atoms with Gasteiger partial charge < -0.3 is 9.80 Å². The Balaban J connectivity index is 1.02. The van der Waals surface area contributed by atoms with Gasteiger partial charge in [-0.25, -0.2) is 0 Å². The third kappa shape index (κ3) is 3.82. The Bertz CT molecular complexity index is 1140. The van der Waals surface area contributed by atoms with Gasteiger partial charge in [-0.1, -0.05) is 51.0 Å². The Morgan fingerprint density at radius 3 is 1.14 bits per heavy atom. The van der Waals surface area contributed by atoms with Crippen LogP contribution in [0.1, 0.15) is 52.4 Å². The first-order valence-corrected chi connectivity index (χ1v) is 15.9. The Morgan fingerprint density at radius 2 is 0.881 bits per heavy atom. The van der Waals surface area contributed by atoms with Gasteiger partial charge in [-0.15, -0.1) is 0 Å². The number of amides is 6. The second-order valence-corrected chi connectivity index (χ2v) is 13.4. The zero-order chi connectivity index (χ0) is 29.4. The quantitative estimate of drug-likeness (QED) is 0.320. The smallest absolute Gasteiger partial charge is 0.245 e. The van der Waals surface area contributed by atoms with E-state index in [1.54, 1.807) is 9.80 Å². The monoisotopic (exact) mass is 576 g/mol. The molecule has 0 spiro atoms. The molecule has 5 fully saturated rings.